The highest BCUT2D eigenvalue weighted by Crippen LogP contribution is 2.31. The lowest BCUT2D eigenvalue weighted by atomic mass is 9.98. The molecule has 2 aliphatic heterocycles. The van der Waals surface area contributed by atoms with E-state index in [0.717, 1.165) is 12.8 Å². The summed E-state index contributed by atoms with van der Waals surface area (Å²) in [6, 6.07) is 11.4. The molecule has 0 bridgehead atoms. The van der Waals surface area contributed by atoms with Crippen molar-refractivity contribution in [3.63, 3.8) is 0 Å². The Hall–Kier alpha value is -3.35. The maximum absolute atomic E-state index is 13.1. The van der Waals surface area contributed by atoms with Gasteiger partial charge >= 0.3 is 5.97 Å². The molecule has 0 aromatic heterocycles. The number of ether oxygens (including phenoxy) is 3. The molecule has 31 heavy (non-hydrogen) atoms. The summed E-state index contributed by atoms with van der Waals surface area (Å²) in [6.45, 7) is 4.00. The van der Waals surface area contributed by atoms with Gasteiger partial charge in [0.15, 0.2) is 23.9 Å². The van der Waals surface area contributed by atoms with Gasteiger partial charge in [-0.2, -0.15) is 0 Å². The Kier molecular flexibility index (Phi) is 6.21. The van der Waals surface area contributed by atoms with Gasteiger partial charge < -0.3 is 19.1 Å². The Balaban J connectivity index is 1.47. The van der Waals surface area contributed by atoms with Crippen LogP contribution in [0, 0.1) is 5.92 Å². The van der Waals surface area contributed by atoms with Crippen LogP contribution < -0.4 is 9.47 Å². The Morgan fingerprint density at radius 2 is 1.77 bits per heavy atom. The van der Waals surface area contributed by atoms with Crippen molar-refractivity contribution in [2.24, 2.45) is 5.92 Å². The monoisotopic (exact) mass is 423 g/mol. The van der Waals surface area contributed by atoms with Crippen molar-refractivity contribution in [1.29, 1.82) is 0 Å². The third-order valence-corrected chi connectivity index (χ3v) is 5.53. The summed E-state index contributed by atoms with van der Waals surface area (Å²) in [5, 5.41) is 0. The molecule has 2 aromatic carbocycles. The number of piperidine rings is 1. The molecule has 0 spiro atoms. The second kappa shape index (κ2) is 9.20. The molecule has 7 nitrogen and oxygen atoms in total. The normalized spacial score (nSPS) is 17.7. The first-order valence-electron chi connectivity index (χ1n) is 10.5. The van der Waals surface area contributed by atoms with Crippen LogP contribution in [0.4, 0.5) is 0 Å². The molecular formula is C24H25NO6. The second-order valence-corrected chi connectivity index (χ2v) is 7.90. The fourth-order valence-corrected chi connectivity index (χ4v) is 3.91. The van der Waals surface area contributed by atoms with Gasteiger partial charge in [-0.05, 0) is 43.0 Å². The smallest absolute Gasteiger partial charge is 0.339 e. The zero-order chi connectivity index (χ0) is 21.8. The van der Waals surface area contributed by atoms with Crippen LogP contribution in [0.3, 0.4) is 0 Å². The SMILES string of the molecule is CC1CCCN(C(=O)COC(=O)c2ccccc2C(=O)c2ccc3c(c2)OCCO3)C1. The minimum atomic E-state index is -0.695. The Morgan fingerprint density at radius 1 is 1.03 bits per heavy atom. The van der Waals surface area contributed by atoms with E-state index < -0.39 is 5.97 Å². The molecule has 1 unspecified atom stereocenters. The average molecular weight is 423 g/mol. The summed E-state index contributed by atoms with van der Waals surface area (Å²) in [5.41, 5.74) is 0.716. The minimum Gasteiger partial charge on any atom is -0.486 e. The molecular weight excluding hydrogens is 398 g/mol. The minimum absolute atomic E-state index is 0.127. The maximum atomic E-state index is 13.1. The van der Waals surface area contributed by atoms with Crippen LogP contribution >= 0.6 is 0 Å². The first-order valence-corrected chi connectivity index (χ1v) is 10.5. The summed E-state index contributed by atoms with van der Waals surface area (Å²) in [7, 11) is 0. The van der Waals surface area contributed by atoms with Gasteiger partial charge in [-0.15, -0.1) is 0 Å². The summed E-state index contributed by atoms with van der Waals surface area (Å²) in [5.74, 6) is 0.286. The number of ketones is 1. The topological polar surface area (TPSA) is 82.1 Å². The first kappa shape index (κ1) is 20.9. The highest BCUT2D eigenvalue weighted by molar-refractivity contribution is 6.14. The fraction of sp³-hybridized carbons (Fsp3) is 0.375. The quantitative estimate of drug-likeness (QED) is 0.543. The molecule has 0 saturated carbocycles. The molecule has 2 aliphatic rings. The third kappa shape index (κ3) is 4.71. The zero-order valence-corrected chi connectivity index (χ0v) is 17.5. The standard InChI is InChI=1S/C24H25NO6/c1-16-5-4-10-25(14-16)22(26)15-31-24(28)19-7-3-2-6-18(19)23(27)17-8-9-20-21(13-17)30-12-11-29-20/h2-3,6-9,13,16H,4-5,10-12,14-15H2,1H3. The predicted molar refractivity (Wildman–Crippen MR) is 113 cm³/mol. The molecule has 1 amide bonds. The summed E-state index contributed by atoms with van der Waals surface area (Å²) < 4.78 is 16.3. The maximum Gasteiger partial charge on any atom is 0.339 e. The van der Waals surface area contributed by atoms with Gasteiger partial charge in [-0.1, -0.05) is 25.1 Å². The van der Waals surface area contributed by atoms with Gasteiger partial charge in [0, 0.05) is 24.2 Å². The Morgan fingerprint density at radius 3 is 2.55 bits per heavy atom. The van der Waals surface area contributed by atoms with Gasteiger partial charge in [0.25, 0.3) is 5.91 Å². The molecule has 1 atom stereocenters. The van der Waals surface area contributed by atoms with Crippen molar-refractivity contribution < 1.29 is 28.6 Å². The van der Waals surface area contributed by atoms with Crippen LogP contribution in [0.2, 0.25) is 0 Å². The number of carbonyl (C=O) groups excluding carboxylic acids is 3. The van der Waals surface area contributed by atoms with Crippen molar-refractivity contribution in [1.82, 2.24) is 4.90 Å². The van der Waals surface area contributed by atoms with Crippen LogP contribution in [-0.4, -0.2) is 55.5 Å². The number of hydrogen-bond acceptors (Lipinski definition) is 6. The highest BCUT2D eigenvalue weighted by atomic mass is 16.6. The molecule has 0 radical (unpaired) electrons. The number of amides is 1. The molecule has 7 heteroatoms. The van der Waals surface area contributed by atoms with Gasteiger partial charge in [0.2, 0.25) is 0 Å². The van der Waals surface area contributed by atoms with Crippen molar-refractivity contribution in [3.05, 3.63) is 59.2 Å². The van der Waals surface area contributed by atoms with Crippen molar-refractivity contribution in [2.75, 3.05) is 32.9 Å². The van der Waals surface area contributed by atoms with Crippen LogP contribution in [0.25, 0.3) is 0 Å². The number of carbonyl (C=O) groups is 3. The first-order chi connectivity index (χ1) is 15.0. The lowest BCUT2D eigenvalue weighted by Crippen LogP contribution is -2.41. The van der Waals surface area contributed by atoms with E-state index in [1.165, 1.54) is 6.07 Å². The summed E-state index contributed by atoms with van der Waals surface area (Å²) >= 11 is 0. The summed E-state index contributed by atoms with van der Waals surface area (Å²) in [4.78, 5) is 39.9. The molecule has 2 aromatic rings. The van der Waals surface area contributed by atoms with E-state index in [1.54, 1.807) is 41.3 Å². The van der Waals surface area contributed by atoms with E-state index in [1.807, 2.05) is 0 Å². The molecule has 4 rings (SSSR count). The average Bonchev–Trinajstić information content (AvgIpc) is 2.81. The lowest BCUT2D eigenvalue weighted by Gasteiger charge is -2.30. The van der Waals surface area contributed by atoms with Crippen molar-refractivity contribution in [2.45, 2.75) is 19.8 Å². The van der Waals surface area contributed by atoms with E-state index in [9.17, 15) is 14.4 Å². The van der Waals surface area contributed by atoms with Crippen LogP contribution in [0.5, 0.6) is 11.5 Å². The molecule has 0 N–H and O–H groups in total. The largest absolute Gasteiger partial charge is 0.486 e. The number of nitrogens with zero attached hydrogens (tertiary/aromatic N) is 1. The summed E-state index contributed by atoms with van der Waals surface area (Å²) in [6.07, 6.45) is 2.05. The number of benzene rings is 2. The second-order valence-electron chi connectivity index (χ2n) is 7.90. The third-order valence-electron chi connectivity index (χ3n) is 5.53. The van der Waals surface area contributed by atoms with Crippen molar-refractivity contribution >= 4 is 17.7 Å². The van der Waals surface area contributed by atoms with Crippen LogP contribution in [-0.2, 0) is 9.53 Å². The van der Waals surface area contributed by atoms with Gasteiger partial charge in [0.1, 0.15) is 13.2 Å². The van der Waals surface area contributed by atoms with Gasteiger partial charge in [-0.3, -0.25) is 9.59 Å². The van der Waals surface area contributed by atoms with E-state index in [-0.39, 0.29) is 29.4 Å². The molecule has 162 valence electrons. The van der Waals surface area contributed by atoms with E-state index in [0.29, 0.717) is 49.3 Å². The lowest BCUT2D eigenvalue weighted by molar-refractivity contribution is -0.136. The van der Waals surface area contributed by atoms with E-state index in [2.05, 4.69) is 6.92 Å². The number of likely N-dealkylation sites (tertiary alicyclic amines) is 1. The molecule has 1 saturated heterocycles. The molecule has 2 heterocycles. The predicted octanol–water partition coefficient (Wildman–Crippen LogP) is 3.10. The number of fused-ring (bicyclic) bond motifs is 1. The fourth-order valence-electron chi connectivity index (χ4n) is 3.91. The number of rotatable bonds is 5. The number of esters is 1. The Labute approximate surface area is 180 Å². The number of hydrogen-bond donors (Lipinski definition) is 0. The van der Waals surface area contributed by atoms with E-state index >= 15 is 0 Å². The van der Waals surface area contributed by atoms with Crippen LogP contribution in [0.15, 0.2) is 42.5 Å². The Bertz CT molecular complexity index is 1000. The highest BCUT2D eigenvalue weighted by Gasteiger charge is 2.24. The molecule has 0 aliphatic carbocycles. The van der Waals surface area contributed by atoms with Crippen LogP contribution in [0.1, 0.15) is 46.0 Å². The van der Waals surface area contributed by atoms with Gasteiger partial charge in [-0.25, -0.2) is 4.79 Å². The molecule has 1 fully saturated rings. The zero-order valence-electron chi connectivity index (χ0n) is 17.5. The van der Waals surface area contributed by atoms with E-state index in [4.69, 9.17) is 14.2 Å². The van der Waals surface area contributed by atoms with Gasteiger partial charge in [0.05, 0.1) is 5.56 Å². The van der Waals surface area contributed by atoms with Crippen molar-refractivity contribution in [3.8, 4) is 11.5 Å².